The Morgan fingerprint density at radius 2 is 2.09 bits per heavy atom. The van der Waals surface area contributed by atoms with E-state index in [0.717, 1.165) is 63.3 Å². The van der Waals surface area contributed by atoms with E-state index in [9.17, 15) is 4.79 Å². The van der Waals surface area contributed by atoms with Gasteiger partial charge < -0.3 is 10.2 Å². The topological polar surface area (TPSA) is 68.8 Å². The van der Waals surface area contributed by atoms with Crippen LogP contribution in [0, 0.1) is 0 Å². The van der Waals surface area contributed by atoms with Gasteiger partial charge in [-0.3, -0.25) is 20.4 Å². The van der Waals surface area contributed by atoms with Gasteiger partial charge in [-0.2, -0.15) is 0 Å². The van der Waals surface area contributed by atoms with Gasteiger partial charge in [-0.1, -0.05) is 48.6 Å². The van der Waals surface area contributed by atoms with Crippen molar-refractivity contribution in [3.63, 3.8) is 0 Å². The summed E-state index contributed by atoms with van der Waals surface area (Å²) in [5.41, 5.74) is 1.37. The van der Waals surface area contributed by atoms with E-state index in [0.29, 0.717) is 5.25 Å². The Hall–Kier alpha value is -1.93. The SMILES string of the molecule is CNC(C)(N=CC/C=C\C1CC=C(C(=O)N2CCNCC2)S1)NCCCc1ccccc1. The summed E-state index contributed by atoms with van der Waals surface area (Å²) in [5, 5.41) is 10.4. The number of hydrogen-bond acceptors (Lipinski definition) is 6. The molecular weight excluding hydrogens is 418 g/mol. The summed E-state index contributed by atoms with van der Waals surface area (Å²) in [4.78, 5) is 20.2. The molecule has 0 saturated carbocycles. The summed E-state index contributed by atoms with van der Waals surface area (Å²) in [5.74, 6) is -0.269. The zero-order chi connectivity index (χ0) is 22.7. The van der Waals surface area contributed by atoms with Crippen molar-refractivity contribution in [1.82, 2.24) is 20.9 Å². The van der Waals surface area contributed by atoms with E-state index in [1.54, 1.807) is 11.8 Å². The summed E-state index contributed by atoms with van der Waals surface area (Å²) in [7, 11) is 1.93. The molecule has 2 heterocycles. The predicted octanol–water partition coefficient (Wildman–Crippen LogP) is 2.94. The Balaban J connectivity index is 1.35. The molecule has 1 saturated heterocycles. The maximum atomic E-state index is 12.6. The van der Waals surface area contributed by atoms with E-state index in [1.807, 2.05) is 18.2 Å². The van der Waals surface area contributed by atoms with Crippen LogP contribution < -0.4 is 16.0 Å². The molecule has 3 N–H and O–H groups in total. The fourth-order valence-corrected chi connectivity index (χ4v) is 4.89. The van der Waals surface area contributed by atoms with E-state index >= 15 is 0 Å². The molecule has 1 aromatic carbocycles. The minimum Gasteiger partial charge on any atom is -0.336 e. The molecule has 1 fully saturated rings. The Bertz CT molecular complexity index is 804. The second-order valence-electron chi connectivity index (χ2n) is 8.32. The van der Waals surface area contributed by atoms with Crippen molar-refractivity contribution >= 4 is 23.9 Å². The lowest BCUT2D eigenvalue weighted by molar-refractivity contribution is -0.126. The molecule has 0 bridgehead atoms. The van der Waals surface area contributed by atoms with Crippen LogP contribution >= 0.6 is 11.8 Å². The van der Waals surface area contributed by atoms with Gasteiger partial charge in [-0.05, 0) is 45.3 Å². The number of amides is 1. The molecular formula is C25H37N5OS. The third-order valence-electron chi connectivity index (χ3n) is 5.81. The van der Waals surface area contributed by atoms with Crippen molar-refractivity contribution in [2.75, 3.05) is 39.8 Å². The molecule has 32 heavy (non-hydrogen) atoms. The van der Waals surface area contributed by atoms with Gasteiger partial charge in [0.1, 0.15) is 0 Å². The first kappa shape index (κ1) is 24.7. The molecule has 2 aliphatic rings. The number of carbonyl (C=O) groups excluding carboxylic acids is 1. The molecule has 1 amide bonds. The first-order valence-corrected chi connectivity index (χ1v) is 12.5. The van der Waals surface area contributed by atoms with Gasteiger partial charge in [0, 0.05) is 44.1 Å². The van der Waals surface area contributed by atoms with Gasteiger partial charge in [0.25, 0.3) is 5.91 Å². The molecule has 174 valence electrons. The monoisotopic (exact) mass is 455 g/mol. The number of allylic oxidation sites excluding steroid dienone is 2. The van der Waals surface area contributed by atoms with Crippen LogP contribution in [-0.4, -0.2) is 67.8 Å². The second-order valence-corrected chi connectivity index (χ2v) is 9.60. The van der Waals surface area contributed by atoms with E-state index in [4.69, 9.17) is 4.99 Å². The first-order chi connectivity index (χ1) is 15.6. The molecule has 0 aromatic heterocycles. The van der Waals surface area contributed by atoms with Crippen LogP contribution in [-0.2, 0) is 11.2 Å². The van der Waals surface area contributed by atoms with Crippen molar-refractivity contribution < 1.29 is 4.79 Å². The fraction of sp³-hybridized carbons (Fsp3) is 0.520. The Labute approximate surface area is 197 Å². The first-order valence-electron chi connectivity index (χ1n) is 11.6. The summed E-state index contributed by atoms with van der Waals surface area (Å²) in [6.07, 6.45) is 12.2. The number of nitrogens with zero attached hydrogens (tertiary/aromatic N) is 2. The van der Waals surface area contributed by atoms with E-state index in [-0.39, 0.29) is 5.91 Å². The minimum atomic E-state index is -0.461. The van der Waals surface area contributed by atoms with Crippen LogP contribution in [0.15, 0.2) is 58.5 Å². The van der Waals surface area contributed by atoms with Gasteiger partial charge in [0.05, 0.1) is 4.91 Å². The van der Waals surface area contributed by atoms with Crippen LogP contribution in [0.25, 0.3) is 0 Å². The number of rotatable bonds is 11. The maximum absolute atomic E-state index is 12.6. The quantitative estimate of drug-likeness (QED) is 0.207. The summed E-state index contributed by atoms with van der Waals surface area (Å²) in [6.45, 7) is 6.34. The zero-order valence-corrected chi connectivity index (χ0v) is 20.2. The zero-order valence-electron chi connectivity index (χ0n) is 19.3. The molecule has 6 nitrogen and oxygen atoms in total. The van der Waals surface area contributed by atoms with Crippen LogP contribution in [0.3, 0.4) is 0 Å². The lowest BCUT2D eigenvalue weighted by Crippen LogP contribution is -2.51. The molecule has 0 spiro atoms. The lowest BCUT2D eigenvalue weighted by Gasteiger charge is -2.27. The van der Waals surface area contributed by atoms with Crippen molar-refractivity contribution in [2.45, 2.75) is 43.6 Å². The minimum absolute atomic E-state index is 0.192. The largest absolute Gasteiger partial charge is 0.336 e. The summed E-state index contributed by atoms with van der Waals surface area (Å²) < 4.78 is 0. The third-order valence-corrected chi connectivity index (χ3v) is 7.06. The van der Waals surface area contributed by atoms with E-state index < -0.39 is 5.79 Å². The van der Waals surface area contributed by atoms with Crippen LogP contribution in [0.5, 0.6) is 0 Å². The Morgan fingerprint density at radius 1 is 1.31 bits per heavy atom. The lowest BCUT2D eigenvalue weighted by atomic mass is 10.1. The van der Waals surface area contributed by atoms with E-state index in [1.165, 1.54) is 5.56 Å². The average molecular weight is 456 g/mol. The standard InChI is InChI=1S/C25H37N5OS/c1-25(26-2,29-16-8-11-21-9-4-3-5-10-21)28-15-7-6-12-22-13-14-23(32-22)24(31)30-19-17-27-18-20-30/h3-6,9-10,12,14-15,22,26-27,29H,7-8,11,13,16-20H2,1-2H3/b12-6-,28-15?. The second kappa shape index (κ2) is 12.9. The van der Waals surface area contributed by atoms with Gasteiger partial charge in [-0.25, -0.2) is 0 Å². The predicted molar refractivity (Wildman–Crippen MR) is 136 cm³/mol. The number of benzene rings is 1. The highest BCUT2D eigenvalue weighted by atomic mass is 32.2. The number of aryl methyl sites for hydroxylation is 1. The van der Waals surface area contributed by atoms with Crippen molar-refractivity contribution in [1.29, 1.82) is 0 Å². The van der Waals surface area contributed by atoms with Crippen LogP contribution in [0.1, 0.15) is 31.7 Å². The number of nitrogens with one attached hydrogen (secondary N) is 3. The number of carbonyl (C=O) groups is 1. The smallest absolute Gasteiger partial charge is 0.260 e. The van der Waals surface area contributed by atoms with Gasteiger partial charge >= 0.3 is 0 Å². The van der Waals surface area contributed by atoms with Crippen molar-refractivity contribution in [3.05, 3.63) is 59.0 Å². The molecule has 2 atom stereocenters. The summed E-state index contributed by atoms with van der Waals surface area (Å²) >= 11 is 1.69. The van der Waals surface area contributed by atoms with Gasteiger partial charge in [0.15, 0.2) is 5.79 Å². The molecule has 2 unspecified atom stereocenters. The Morgan fingerprint density at radius 3 is 2.84 bits per heavy atom. The molecule has 1 aromatic rings. The number of aliphatic imine (C=N–C) groups is 1. The van der Waals surface area contributed by atoms with Crippen LogP contribution in [0.2, 0.25) is 0 Å². The molecule has 0 radical (unpaired) electrons. The maximum Gasteiger partial charge on any atom is 0.260 e. The van der Waals surface area contributed by atoms with Crippen LogP contribution in [0.4, 0.5) is 0 Å². The highest BCUT2D eigenvalue weighted by Gasteiger charge is 2.25. The van der Waals surface area contributed by atoms with Gasteiger partial charge in [0.2, 0.25) is 0 Å². The van der Waals surface area contributed by atoms with Crippen molar-refractivity contribution in [3.8, 4) is 0 Å². The highest BCUT2D eigenvalue weighted by molar-refractivity contribution is 8.05. The third kappa shape index (κ3) is 7.89. The molecule has 2 aliphatic heterocycles. The number of hydrogen-bond donors (Lipinski definition) is 3. The normalized spacial score (nSPS) is 21.2. The van der Waals surface area contributed by atoms with Crippen molar-refractivity contribution in [2.24, 2.45) is 4.99 Å². The fourth-order valence-electron chi connectivity index (χ4n) is 3.76. The Kier molecular flexibility index (Phi) is 9.99. The molecule has 0 aliphatic carbocycles. The van der Waals surface area contributed by atoms with E-state index in [2.05, 4.69) is 71.4 Å². The highest BCUT2D eigenvalue weighted by Crippen LogP contribution is 2.34. The summed E-state index contributed by atoms with van der Waals surface area (Å²) in [6, 6.07) is 10.6. The average Bonchev–Trinajstić information content (AvgIpc) is 3.31. The number of thioether (sulfide) groups is 1. The molecule has 7 heteroatoms. The number of piperazine rings is 1. The molecule has 3 rings (SSSR count). The van der Waals surface area contributed by atoms with Gasteiger partial charge in [-0.15, -0.1) is 11.8 Å².